The van der Waals surface area contributed by atoms with Crippen LogP contribution >= 0.6 is 12.6 Å². The van der Waals surface area contributed by atoms with E-state index in [2.05, 4.69) is 23.3 Å². The molecule has 0 aliphatic carbocycles. The number of carboxylic acid groups (broad SMARTS) is 4. The monoisotopic (exact) mass is 454 g/mol. The van der Waals surface area contributed by atoms with E-state index in [0.717, 1.165) is 0 Å². The molecule has 3 atom stereocenters. The number of thiol groups is 1. The van der Waals surface area contributed by atoms with Crippen molar-refractivity contribution in [2.75, 3.05) is 12.3 Å². The fraction of sp³-hybridized carbons (Fsp3) is 0.600. The normalized spacial score (nSPS) is 12.9. The third kappa shape index (κ3) is 16.1. The van der Waals surface area contributed by atoms with Crippen molar-refractivity contribution in [1.29, 1.82) is 0 Å². The van der Waals surface area contributed by atoms with Gasteiger partial charge in [0.15, 0.2) is 0 Å². The molecule has 172 valence electrons. The number of carboxylic acids is 4. The molecule has 0 rings (SSSR count). The van der Waals surface area contributed by atoms with E-state index in [0.29, 0.717) is 0 Å². The summed E-state index contributed by atoms with van der Waals surface area (Å²) in [5, 5.41) is 37.6. The van der Waals surface area contributed by atoms with Gasteiger partial charge in [0.05, 0.1) is 0 Å². The Morgan fingerprint density at radius 2 is 1.27 bits per heavy atom. The van der Waals surface area contributed by atoms with Crippen molar-refractivity contribution in [3.8, 4) is 0 Å². The maximum Gasteiger partial charge on any atom is 0.322 e. The molecule has 0 aromatic carbocycles. The van der Waals surface area contributed by atoms with E-state index in [9.17, 15) is 28.8 Å². The van der Waals surface area contributed by atoms with Crippen LogP contribution in [0.4, 0.5) is 0 Å². The van der Waals surface area contributed by atoms with Gasteiger partial charge in [0.2, 0.25) is 11.8 Å². The molecular weight excluding hydrogens is 428 g/mol. The molecular formula is C15H26N4O10S. The minimum atomic E-state index is -1.22. The maximum absolute atomic E-state index is 11.5. The number of rotatable bonds is 13. The summed E-state index contributed by atoms with van der Waals surface area (Å²) >= 11 is 3.87. The van der Waals surface area contributed by atoms with Gasteiger partial charge in [-0.05, 0) is 12.8 Å². The second kappa shape index (κ2) is 15.9. The van der Waals surface area contributed by atoms with Gasteiger partial charge in [-0.25, -0.2) is 0 Å². The molecule has 30 heavy (non-hydrogen) atoms. The molecule has 0 unspecified atom stereocenters. The van der Waals surface area contributed by atoms with Crippen molar-refractivity contribution in [1.82, 2.24) is 10.6 Å². The van der Waals surface area contributed by atoms with Crippen LogP contribution < -0.4 is 22.1 Å². The lowest BCUT2D eigenvalue weighted by Crippen LogP contribution is -2.49. The van der Waals surface area contributed by atoms with Crippen molar-refractivity contribution in [2.45, 2.75) is 43.8 Å². The van der Waals surface area contributed by atoms with Crippen molar-refractivity contribution < 1.29 is 49.2 Å². The molecule has 0 radical (unpaired) electrons. The first kappa shape index (κ1) is 29.3. The number of nitrogens with one attached hydrogen (secondary N) is 2. The molecule has 0 aliphatic rings. The van der Waals surface area contributed by atoms with Crippen LogP contribution in [0.5, 0.6) is 0 Å². The molecule has 0 aromatic rings. The van der Waals surface area contributed by atoms with Crippen molar-refractivity contribution >= 4 is 48.3 Å². The first-order chi connectivity index (χ1) is 13.8. The summed E-state index contributed by atoms with van der Waals surface area (Å²) in [4.78, 5) is 63.6. The Balaban J connectivity index is 0. The topological polar surface area (TPSA) is 259 Å². The Labute approximate surface area is 176 Å². The number of nitrogens with two attached hydrogens (primary N) is 2. The summed E-state index contributed by atoms with van der Waals surface area (Å²) in [6, 6.07) is -3.21. The van der Waals surface area contributed by atoms with Crippen LogP contribution in [0, 0.1) is 0 Å². The zero-order valence-corrected chi connectivity index (χ0v) is 16.7. The molecule has 0 aliphatic heterocycles. The third-order valence-electron chi connectivity index (χ3n) is 3.23. The highest BCUT2D eigenvalue weighted by molar-refractivity contribution is 7.80. The van der Waals surface area contributed by atoms with E-state index >= 15 is 0 Å². The van der Waals surface area contributed by atoms with E-state index in [1.54, 1.807) is 0 Å². The van der Waals surface area contributed by atoms with Crippen molar-refractivity contribution in [3.63, 3.8) is 0 Å². The molecule has 10 N–H and O–H groups in total. The van der Waals surface area contributed by atoms with Crippen LogP contribution in [-0.2, 0) is 28.8 Å². The Morgan fingerprint density at radius 1 is 0.800 bits per heavy atom. The van der Waals surface area contributed by atoms with Gasteiger partial charge in [0.25, 0.3) is 0 Å². The summed E-state index contributed by atoms with van der Waals surface area (Å²) in [6.07, 6.45) is -0.459. The van der Waals surface area contributed by atoms with Crippen LogP contribution in [0.3, 0.4) is 0 Å². The van der Waals surface area contributed by atoms with Crippen LogP contribution in [-0.4, -0.2) is 86.5 Å². The van der Waals surface area contributed by atoms with Gasteiger partial charge in [-0.15, -0.1) is 0 Å². The first-order valence-corrected chi connectivity index (χ1v) is 9.03. The molecule has 0 saturated carbocycles. The largest absolute Gasteiger partial charge is 0.481 e. The highest BCUT2D eigenvalue weighted by Crippen LogP contribution is 1.97. The molecule has 0 heterocycles. The van der Waals surface area contributed by atoms with E-state index in [-0.39, 0.29) is 31.4 Å². The van der Waals surface area contributed by atoms with E-state index in [1.807, 2.05) is 0 Å². The maximum atomic E-state index is 11.5. The Morgan fingerprint density at radius 3 is 1.63 bits per heavy atom. The molecule has 15 heteroatoms. The van der Waals surface area contributed by atoms with Crippen LogP contribution in [0.1, 0.15) is 25.7 Å². The average molecular weight is 454 g/mol. The number of hydrogen-bond acceptors (Lipinski definition) is 9. The quantitative estimate of drug-likeness (QED) is 0.127. The smallest absolute Gasteiger partial charge is 0.322 e. The van der Waals surface area contributed by atoms with E-state index in [1.165, 1.54) is 0 Å². The summed E-state index contributed by atoms with van der Waals surface area (Å²) in [5.74, 6) is -5.90. The van der Waals surface area contributed by atoms with E-state index < -0.39 is 60.4 Å². The lowest BCUT2D eigenvalue weighted by atomic mass is 10.1. The molecule has 0 aromatic heterocycles. The minimum absolute atomic E-state index is 0.0231. The molecule has 0 bridgehead atoms. The van der Waals surface area contributed by atoms with Crippen molar-refractivity contribution in [3.05, 3.63) is 0 Å². The fourth-order valence-electron chi connectivity index (χ4n) is 1.56. The molecule has 0 spiro atoms. The van der Waals surface area contributed by atoms with Gasteiger partial charge >= 0.3 is 23.9 Å². The van der Waals surface area contributed by atoms with Crippen molar-refractivity contribution in [2.24, 2.45) is 11.5 Å². The Hall–Kier alpha value is -2.91. The lowest BCUT2D eigenvalue weighted by molar-refractivity contribution is -0.141. The summed E-state index contributed by atoms with van der Waals surface area (Å²) in [7, 11) is 0. The molecule has 14 nitrogen and oxygen atoms in total. The van der Waals surface area contributed by atoms with Gasteiger partial charge in [-0.3, -0.25) is 28.8 Å². The second-order valence-electron chi connectivity index (χ2n) is 5.77. The number of carbonyl (C=O) groups excluding carboxylic acids is 2. The lowest BCUT2D eigenvalue weighted by Gasteiger charge is -2.16. The fourth-order valence-corrected chi connectivity index (χ4v) is 1.82. The van der Waals surface area contributed by atoms with E-state index in [4.69, 9.17) is 31.9 Å². The van der Waals surface area contributed by atoms with Crippen LogP contribution in [0.25, 0.3) is 0 Å². The number of aliphatic carboxylic acids is 4. The standard InChI is InChI=1S/C10H17N3O6S.C5H9NO4/c11-5(10(18)19)1-2-7(14)13-6(4-20)9(17)12-3-8(15)16;6-3(5(9)10)1-2-4(7)8/h5-6,20H,1-4,11H2,(H,12,17)(H,13,14)(H,15,16)(H,18,19);3H,1-2,6H2,(H,7,8)(H,9,10)/t5-,6-;3-/m00/s1. The summed E-state index contributed by atoms with van der Waals surface area (Å²) < 4.78 is 0. The Bertz CT molecular complexity index is 631. The van der Waals surface area contributed by atoms with Gasteiger partial charge in [0, 0.05) is 18.6 Å². The van der Waals surface area contributed by atoms with Crippen LogP contribution in [0.15, 0.2) is 0 Å². The first-order valence-electron chi connectivity index (χ1n) is 8.40. The van der Waals surface area contributed by atoms with Gasteiger partial charge in [0.1, 0.15) is 24.7 Å². The number of hydrogen-bond donors (Lipinski definition) is 9. The predicted octanol–water partition coefficient (Wildman–Crippen LogP) is -2.94. The number of carbonyl (C=O) groups is 6. The zero-order chi connectivity index (χ0) is 23.9. The number of amides is 2. The predicted molar refractivity (Wildman–Crippen MR) is 104 cm³/mol. The summed E-state index contributed by atoms with van der Waals surface area (Å²) in [6.45, 7) is -0.567. The minimum Gasteiger partial charge on any atom is -0.481 e. The Kier molecular flexibility index (Phi) is 15.6. The zero-order valence-electron chi connectivity index (χ0n) is 15.8. The molecule has 0 saturated heterocycles. The highest BCUT2D eigenvalue weighted by atomic mass is 32.1. The second-order valence-corrected chi connectivity index (χ2v) is 6.14. The van der Waals surface area contributed by atoms with Crippen LogP contribution in [0.2, 0.25) is 0 Å². The third-order valence-corrected chi connectivity index (χ3v) is 3.60. The summed E-state index contributed by atoms with van der Waals surface area (Å²) in [5.41, 5.74) is 10.2. The van der Waals surface area contributed by atoms with Gasteiger partial charge in [-0.1, -0.05) is 0 Å². The average Bonchev–Trinajstić information content (AvgIpc) is 2.66. The highest BCUT2D eigenvalue weighted by Gasteiger charge is 2.21. The van der Waals surface area contributed by atoms with Gasteiger partial charge in [-0.2, -0.15) is 12.6 Å². The SMILES string of the molecule is N[C@@H](CCC(=O)N[C@@H](CS)C(=O)NCC(=O)O)C(=O)O.N[C@@H](CCC(=O)O)C(=O)O. The molecule has 2 amide bonds. The van der Waals surface area contributed by atoms with Gasteiger partial charge < -0.3 is 42.5 Å². The molecule has 0 fully saturated rings.